The van der Waals surface area contributed by atoms with Crippen molar-refractivity contribution in [3.63, 3.8) is 0 Å². The van der Waals surface area contributed by atoms with Crippen LogP contribution in [0.2, 0.25) is 0 Å². The van der Waals surface area contributed by atoms with Gasteiger partial charge in [0, 0.05) is 4.88 Å². The summed E-state index contributed by atoms with van der Waals surface area (Å²) in [5, 5.41) is 9.20. The van der Waals surface area contributed by atoms with Gasteiger partial charge in [0.2, 0.25) is 0 Å². The first-order chi connectivity index (χ1) is 7.86. The number of nitrogens with two attached hydrogens (primary N) is 1. The van der Waals surface area contributed by atoms with E-state index in [4.69, 9.17) is 5.73 Å². The van der Waals surface area contributed by atoms with E-state index in [1.165, 1.54) is 4.88 Å². The molecule has 0 radical (unpaired) electrons. The number of nitrogens with zero attached hydrogens (tertiary/aromatic N) is 4. The summed E-state index contributed by atoms with van der Waals surface area (Å²) < 4.78 is 1.78. The number of thiazole rings is 1. The Kier molecular flexibility index (Phi) is 3.01. The van der Waals surface area contributed by atoms with Gasteiger partial charge in [0.1, 0.15) is 10.7 Å². The van der Waals surface area contributed by atoms with E-state index in [2.05, 4.69) is 22.2 Å². The molecule has 2 aromatic rings. The summed E-state index contributed by atoms with van der Waals surface area (Å²) in [6, 6.07) is 0. The van der Waals surface area contributed by atoms with Crippen LogP contribution in [0.3, 0.4) is 0 Å². The molecule has 0 spiro atoms. The Labute approximate surface area is 105 Å². The Balaban J connectivity index is 2.17. The van der Waals surface area contributed by atoms with Gasteiger partial charge in [-0.05, 0) is 27.7 Å². The standard InChI is InChI=1S/C11H17N5S/c1-7-8(2)17-10(13-7)6-16-5-9(14-15-16)11(3,4)12/h5H,6,12H2,1-4H3. The Hall–Kier alpha value is -1.27. The van der Waals surface area contributed by atoms with E-state index in [-0.39, 0.29) is 0 Å². The lowest BCUT2D eigenvalue weighted by Crippen LogP contribution is -2.29. The van der Waals surface area contributed by atoms with E-state index in [0.29, 0.717) is 6.54 Å². The molecule has 0 aliphatic carbocycles. The molecule has 0 saturated carbocycles. The maximum absolute atomic E-state index is 5.96. The first-order valence-electron chi connectivity index (χ1n) is 5.48. The third kappa shape index (κ3) is 2.70. The van der Waals surface area contributed by atoms with Gasteiger partial charge in [0.25, 0.3) is 0 Å². The smallest absolute Gasteiger partial charge is 0.115 e. The molecule has 6 heteroatoms. The van der Waals surface area contributed by atoms with Gasteiger partial charge in [0.05, 0.1) is 24.0 Å². The van der Waals surface area contributed by atoms with Gasteiger partial charge in [-0.2, -0.15) is 0 Å². The number of hydrogen-bond acceptors (Lipinski definition) is 5. The lowest BCUT2D eigenvalue weighted by Gasteiger charge is -2.13. The van der Waals surface area contributed by atoms with E-state index in [1.807, 2.05) is 27.0 Å². The van der Waals surface area contributed by atoms with Crippen LogP contribution in [0.1, 0.15) is 35.1 Å². The highest BCUT2D eigenvalue weighted by atomic mass is 32.1. The van der Waals surface area contributed by atoms with Crippen LogP contribution in [0, 0.1) is 13.8 Å². The number of aromatic nitrogens is 4. The molecule has 2 rings (SSSR count). The van der Waals surface area contributed by atoms with Crippen molar-refractivity contribution < 1.29 is 0 Å². The molecule has 92 valence electrons. The molecule has 0 bridgehead atoms. The predicted octanol–water partition coefficient (Wildman–Crippen LogP) is 1.59. The van der Waals surface area contributed by atoms with E-state index < -0.39 is 5.54 Å². The number of hydrogen-bond donors (Lipinski definition) is 1. The van der Waals surface area contributed by atoms with Gasteiger partial charge in [-0.15, -0.1) is 16.4 Å². The van der Waals surface area contributed by atoms with Crippen LogP contribution in [0.15, 0.2) is 6.20 Å². The highest BCUT2D eigenvalue weighted by molar-refractivity contribution is 7.11. The summed E-state index contributed by atoms with van der Waals surface area (Å²) >= 11 is 1.69. The molecule has 2 heterocycles. The maximum atomic E-state index is 5.96. The SMILES string of the molecule is Cc1nc(Cn2cc(C(C)(C)N)nn2)sc1C. The van der Waals surface area contributed by atoms with Crippen LogP contribution in [0.25, 0.3) is 0 Å². The Bertz CT molecular complexity index is 501. The summed E-state index contributed by atoms with van der Waals surface area (Å²) in [5.41, 5.74) is 7.39. The Morgan fingerprint density at radius 1 is 1.41 bits per heavy atom. The van der Waals surface area contributed by atoms with Gasteiger partial charge in [-0.1, -0.05) is 5.21 Å². The normalized spacial score (nSPS) is 12.1. The second-order valence-electron chi connectivity index (χ2n) is 4.77. The van der Waals surface area contributed by atoms with Crippen molar-refractivity contribution in [2.45, 2.75) is 39.8 Å². The minimum Gasteiger partial charge on any atom is -0.320 e. The molecule has 0 unspecified atom stereocenters. The fourth-order valence-electron chi connectivity index (χ4n) is 1.42. The molecule has 17 heavy (non-hydrogen) atoms. The quantitative estimate of drug-likeness (QED) is 0.899. The summed E-state index contributed by atoms with van der Waals surface area (Å²) in [6.45, 7) is 8.58. The van der Waals surface area contributed by atoms with Crippen LogP contribution in [-0.4, -0.2) is 20.0 Å². The molecule has 2 N–H and O–H groups in total. The molecule has 2 aromatic heterocycles. The number of rotatable bonds is 3. The minimum absolute atomic E-state index is 0.451. The predicted molar refractivity (Wildman–Crippen MR) is 67.9 cm³/mol. The largest absolute Gasteiger partial charge is 0.320 e. The third-order valence-electron chi connectivity index (χ3n) is 2.57. The van der Waals surface area contributed by atoms with Gasteiger partial charge in [-0.25, -0.2) is 9.67 Å². The molecular weight excluding hydrogens is 234 g/mol. The minimum atomic E-state index is -0.451. The fourth-order valence-corrected chi connectivity index (χ4v) is 2.34. The fraction of sp³-hybridized carbons (Fsp3) is 0.545. The molecule has 0 aliphatic heterocycles. The average Bonchev–Trinajstić information content (AvgIpc) is 2.75. The molecule has 5 nitrogen and oxygen atoms in total. The first-order valence-corrected chi connectivity index (χ1v) is 6.30. The van der Waals surface area contributed by atoms with Crippen molar-refractivity contribution in [2.24, 2.45) is 5.73 Å². The highest BCUT2D eigenvalue weighted by Gasteiger charge is 2.18. The Morgan fingerprint density at radius 3 is 2.59 bits per heavy atom. The summed E-state index contributed by atoms with van der Waals surface area (Å²) in [6.07, 6.45) is 1.88. The molecule has 0 aliphatic rings. The zero-order valence-corrected chi connectivity index (χ0v) is 11.4. The lowest BCUT2D eigenvalue weighted by molar-refractivity contribution is 0.533. The monoisotopic (exact) mass is 251 g/mol. The van der Waals surface area contributed by atoms with Gasteiger partial charge < -0.3 is 5.73 Å². The second-order valence-corrected chi connectivity index (χ2v) is 6.06. The Morgan fingerprint density at radius 2 is 2.12 bits per heavy atom. The van der Waals surface area contributed by atoms with Crippen LogP contribution in [0.4, 0.5) is 0 Å². The lowest BCUT2D eigenvalue weighted by atomic mass is 10.0. The molecule has 0 fully saturated rings. The van der Waals surface area contributed by atoms with Crippen LogP contribution in [0.5, 0.6) is 0 Å². The van der Waals surface area contributed by atoms with Crippen molar-refractivity contribution in [3.8, 4) is 0 Å². The third-order valence-corrected chi connectivity index (χ3v) is 3.63. The zero-order chi connectivity index (χ0) is 12.6. The highest BCUT2D eigenvalue weighted by Crippen LogP contribution is 2.18. The molecular formula is C11H17N5S. The van der Waals surface area contributed by atoms with E-state index in [9.17, 15) is 0 Å². The molecule has 0 amide bonds. The van der Waals surface area contributed by atoms with E-state index in [1.54, 1.807) is 16.0 Å². The summed E-state index contributed by atoms with van der Waals surface area (Å²) in [4.78, 5) is 5.73. The van der Waals surface area contributed by atoms with Crippen molar-refractivity contribution in [3.05, 3.63) is 27.5 Å². The number of aryl methyl sites for hydroxylation is 2. The molecule has 0 aromatic carbocycles. The van der Waals surface area contributed by atoms with Crippen molar-refractivity contribution in [2.75, 3.05) is 0 Å². The van der Waals surface area contributed by atoms with Gasteiger partial charge in [0.15, 0.2) is 0 Å². The van der Waals surface area contributed by atoms with Crippen molar-refractivity contribution >= 4 is 11.3 Å². The summed E-state index contributed by atoms with van der Waals surface area (Å²) in [5.74, 6) is 0. The second kappa shape index (κ2) is 4.19. The van der Waals surface area contributed by atoms with Crippen LogP contribution in [-0.2, 0) is 12.1 Å². The maximum Gasteiger partial charge on any atom is 0.115 e. The zero-order valence-electron chi connectivity index (χ0n) is 10.6. The van der Waals surface area contributed by atoms with Crippen LogP contribution >= 0.6 is 11.3 Å². The van der Waals surface area contributed by atoms with E-state index >= 15 is 0 Å². The molecule has 0 atom stereocenters. The van der Waals surface area contributed by atoms with Crippen molar-refractivity contribution in [1.29, 1.82) is 0 Å². The van der Waals surface area contributed by atoms with Crippen LogP contribution < -0.4 is 5.73 Å². The van der Waals surface area contributed by atoms with E-state index in [0.717, 1.165) is 16.4 Å². The van der Waals surface area contributed by atoms with Gasteiger partial charge in [-0.3, -0.25) is 0 Å². The molecule has 0 saturated heterocycles. The van der Waals surface area contributed by atoms with Crippen molar-refractivity contribution in [1.82, 2.24) is 20.0 Å². The summed E-state index contributed by atoms with van der Waals surface area (Å²) in [7, 11) is 0. The topological polar surface area (TPSA) is 69.6 Å². The van der Waals surface area contributed by atoms with Gasteiger partial charge >= 0.3 is 0 Å². The average molecular weight is 251 g/mol. The first kappa shape index (κ1) is 12.2.